The third-order valence-electron chi connectivity index (χ3n) is 12.0. The highest BCUT2D eigenvalue weighted by Crippen LogP contribution is 2.52. The lowest BCUT2D eigenvalue weighted by Crippen LogP contribution is -2.57. The number of aliphatic hydroxyl groups excluding tert-OH is 2. The molecular weight excluding hydrogens is 711 g/mol. The molecule has 0 aromatic heterocycles. The Morgan fingerprint density at radius 1 is 1.19 bits per heavy atom. The van der Waals surface area contributed by atoms with Gasteiger partial charge in [0.05, 0.1) is 37.7 Å². The average molecular weight is 774 g/mol. The largest absolute Gasteiger partial charge is 0.498 e. The monoisotopic (exact) mass is 773 g/mol. The Bertz CT molecular complexity index is 1650. The van der Waals surface area contributed by atoms with Crippen LogP contribution in [0.25, 0.3) is 0 Å². The Labute approximate surface area is 322 Å². The van der Waals surface area contributed by atoms with E-state index in [1.165, 1.54) is 11.8 Å². The number of ether oxygens (including phenoxy) is 1. The molecule has 54 heavy (non-hydrogen) atoms. The molecule has 1 heterocycles. The molecule has 5 aliphatic carbocycles. The number of aliphatic hydroxyl groups is 2. The first kappa shape index (κ1) is 42.1. The van der Waals surface area contributed by atoms with E-state index in [9.17, 15) is 28.2 Å². The van der Waals surface area contributed by atoms with E-state index in [0.29, 0.717) is 43.4 Å². The van der Waals surface area contributed by atoms with Gasteiger partial charge in [0.1, 0.15) is 27.7 Å². The smallest absolute Gasteiger partial charge is 0.251 e. The number of amides is 2. The number of likely N-dealkylation sites (N-methyl/N-ethyl adjacent to an activating group) is 1. The normalized spacial score (nSPS) is 32.4. The summed E-state index contributed by atoms with van der Waals surface area (Å²) in [4.78, 5) is 38.1. The van der Waals surface area contributed by atoms with Gasteiger partial charge in [-0.15, -0.1) is 0 Å². The molecular formula is C40H63N5O8S. The summed E-state index contributed by atoms with van der Waals surface area (Å²) in [5, 5.41) is 29.2. The number of hydroxylamine groups is 2. The van der Waals surface area contributed by atoms with E-state index in [0.717, 1.165) is 29.9 Å². The highest BCUT2D eigenvalue weighted by molar-refractivity contribution is 7.90. The minimum absolute atomic E-state index is 0.0125. The lowest BCUT2D eigenvalue weighted by molar-refractivity contribution is -0.172. The maximum Gasteiger partial charge on any atom is 0.251 e. The van der Waals surface area contributed by atoms with Gasteiger partial charge in [0.15, 0.2) is 0 Å². The molecule has 2 unspecified atom stereocenters. The number of sulfone groups is 1. The number of hydrogen-bond acceptors (Lipinski definition) is 11. The Hall–Kier alpha value is -3.01. The van der Waals surface area contributed by atoms with Crippen LogP contribution in [0.1, 0.15) is 46.5 Å². The zero-order valence-corrected chi connectivity index (χ0v) is 34.1. The van der Waals surface area contributed by atoms with Crippen molar-refractivity contribution in [3.63, 3.8) is 0 Å². The molecule has 11 atom stereocenters. The van der Waals surface area contributed by atoms with Gasteiger partial charge in [0.2, 0.25) is 5.91 Å². The predicted octanol–water partition coefficient (Wildman–Crippen LogP) is 2.03. The van der Waals surface area contributed by atoms with Crippen molar-refractivity contribution in [1.29, 1.82) is 0 Å². The first-order valence-electron chi connectivity index (χ1n) is 19.4. The van der Waals surface area contributed by atoms with E-state index < -0.39 is 40.0 Å². The number of nitrogens with one attached hydrogen (secondary N) is 2. The van der Waals surface area contributed by atoms with Crippen molar-refractivity contribution in [2.24, 2.45) is 35.5 Å². The highest BCUT2D eigenvalue weighted by atomic mass is 32.2. The van der Waals surface area contributed by atoms with Crippen LogP contribution in [-0.4, -0.2) is 142 Å². The molecule has 2 bridgehead atoms. The number of nitrogens with zero attached hydrogens (tertiary/aromatic N) is 3. The van der Waals surface area contributed by atoms with Gasteiger partial charge >= 0.3 is 0 Å². The summed E-state index contributed by atoms with van der Waals surface area (Å²) >= 11 is 0. The second-order valence-electron chi connectivity index (χ2n) is 16.6. The van der Waals surface area contributed by atoms with Crippen LogP contribution in [0.5, 0.6) is 0 Å². The predicted molar refractivity (Wildman–Crippen MR) is 208 cm³/mol. The van der Waals surface area contributed by atoms with Gasteiger partial charge in [-0.05, 0) is 83.4 Å². The molecule has 1 aliphatic heterocycles. The molecule has 302 valence electrons. The van der Waals surface area contributed by atoms with Crippen molar-refractivity contribution < 1.29 is 37.8 Å². The summed E-state index contributed by atoms with van der Waals surface area (Å²) in [5.74, 6) is 0.131. The molecule has 3 saturated carbocycles. The molecule has 0 aromatic rings. The molecule has 0 radical (unpaired) electrons. The first-order valence-corrected chi connectivity index (χ1v) is 21.4. The molecule has 4 fully saturated rings. The number of fused-ring (bicyclic) bond motifs is 2. The quantitative estimate of drug-likeness (QED) is 0.170. The minimum Gasteiger partial charge on any atom is -0.498 e. The second kappa shape index (κ2) is 17.4. The van der Waals surface area contributed by atoms with Crippen LogP contribution >= 0.6 is 0 Å². The number of allylic oxidation sites excluding steroid dienone is 5. The topological polar surface area (TPSA) is 161 Å². The van der Waals surface area contributed by atoms with Crippen LogP contribution in [0.2, 0.25) is 0 Å². The van der Waals surface area contributed by atoms with Gasteiger partial charge in [-0.1, -0.05) is 37.3 Å². The molecule has 0 aromatic carbocycles. The molecule has 6 rings (SSSR count). The van der Waals surface area contributed by atoms with E-state index in [1.807, 2.05) is 63.1 Å². The Kier molecular flexibility index (Phi) is 13.6. The zero-order valence-electron chi connectivity index (χ0n) is 33.3. The lowest BCUT2D eigenvalue weighted by atomic mass is 9.56. The molecule has 6 aliphatic rings. The molecule has 14 heteroatoms. The molecule has 2 amide bonds. The van der Waals surface area contributed by atoms with E-state index in [4.69, 9.17) is 9.57 Å². The third-order valence-corrected chi connectivity index (χ3v) is 13.0. The lowest BCUT2D eigenvalue weighted by Gasteiger charge is -2.52. The zero-order chi connectivity index (χ0) is 39.6. The van der Waals surface area contributed by atoms with Gasteiger partial charge in [-0.3, -0.25) is 14.4 Å². The number of rotatable bonds is 16. The first-order chi connectivity index (χ1) is 25.4. The van der Waals surface area contributed by atoms with Gasteiger partial charge in [-0.2, -0.15) is 5.06 Å². The van der Waals surface area contributed by atoms with Crippen LogP contribution in [0.3, 0.4) is 0 Å². The van der Waals surface area contributed by atoms with Crippen molar-refractivity contribution in [2.75, 3.05) is 66.5 Å². The fourth-order valence-corrected chi connectivity index (χ4v) is 10.2. The average Bonchev–Trinajstić information content (AvgIpc) is 3.46. The van der Waals surface area contributed by atoms with Gasteiger partial charge in [0.25, 0.3) is 5.91 Å². The highest BCUT2D eigenvalue weighted by Gasteiger charge is 2.52. The van der Waals surface area contributed by atoms with Crippen molar-refractivity contribution in [3.05, 3.63) is 59.1 Å². The van der Waals surface area contributed by atoms with Gasteiger partial charge < -0.3 is 35.4 Å². The Morgan fingerprint density at radius 3 is 2.48 bits per heavy atom. The van der Waals surface area contributed by atoms with E-state index in [-0.39, 0.29) is 54.5 Å². The number of hydrogen-bond donors (Lipinski definition) is 4. The van der Waals surface area contributed by atoms with Crippen molar-refractivity contribution in [1.82, 2.24) is 25.5 Å². The summed E-state index contributed by atoms with van der Waals surface area (Å²) in [6, 6.07) is -1.45. The molecule has 4 N–H and O–H groups in total. The van der Waals surface area contributed by atoms with Gasteiger partial charge in [-0.25, -0.2) is 8.42 Å². The van der Waals surface area contributed by atoms with Crippen LogP contribution in [0.15, 0.2) is 59.1 Å². The Morgan fingerprint density at radius 2 is 1.91 bits per heavy atom. The maximum absolute atomic E-state index is 14.2. The van der Waals surface area contributed by atoms with Crippen LogP contribution in [0.4, 0.5) is 0 Å². The van der Waals surface area contributed by atoms with Crippen molar-refractivity contribution >= 4 is 21.7 Å². The summed E-state index contributed by atoms with van der Waals surface area (Å²) in [6.07, 6.45) is 10.6. The third kappa shape index (κ3) is 9.50. The number of carbonyl (C=O) groups is 2. The fourth-order valence-electron chi connectivity index (χ4n) is 9.24. The second-order valence-corrected chi connectivity index (χ2v) is 18.8. The summed E-state index contributed by atoms with van der Waals surface area (Å²) in [5.41, 5.74) is 3.51. The van der Waals surface area contributed by atoms with E-state index in [2.05, 4.69) is 30.2 Å². The Balaban J connectivity index is 1.42. The van der Waals surface area contributed by atoms with Gasteiger partial charge in [0, 0.05) is 61.6 Å². The standard InChI is InChI=1S/C40H63N5O8S/c1-10-52-38-26(19-45-37(36(25(4)47)35(21-46)53-45)40(49)42-34-18-27-17-33(23(27)2)24(34)3)12-11-13-32(38)28-14-29(16-31(15-28)44(7)8)39(48)41-30(20-43(5)6)22-54(9,50)51/h11-12,14,16,24-25,27-28,30,32-37,46-47H,2,10,13,15,17-22H2,1,3-9H3,(H,41,48)(H,42,49)/t24-,25-,27+,28?,30+,32?,33+,34-,35-,36+,37-/m0/s1. The van der Waals surface area contributed by atoms with Crippen molar-refractivity contribution in [3.8, 4) is 0 Å². The van der Waals surface area contributed by atoms with Crippen LogP contribution < -0.4 is 10.6 Å². The minimum atomic E-state index is -3.35. The van der Waals surface area contributed by atoms with Crippen LogP contribution in [-0.2, 0) is 29.0 Å². The number of carbonyl (C=O) groups excluding carboxylic acids is 2. The molecule has 13 nitrogen and oxygen atoms in total. The van der Waals surface area contributed by atoms with Crippen LogP contribution in [0, 0.1) is 35.5 Å². The maximum atomic E-state index is 14.2. The SMILES string of the molecule is C=C1[C@H]2C[C@H](NC(=O)[C@@H]3[C@H]([C@H](C)O)[C@H](CO)ON3CC3=C(OCC)C(C4C=C(C(=O)N[C@H](CN(C)C)CS(C)(=O)=O)C=C(N(C)C)C4)CC=C3)[C@@H](C)[C@@H]1C2. The molecule has 0 spiro atoms. The summed E-state index contributed by atoms with van der Waals surface area (Å²) < 4.78 is 30.8. The summed E-state index contributed by atoms with van der Waals surface area (Å²) in [6.45, 7) is 10.6. The summed E-state index contributed by atoms with van der Waals surface area (Å²) in [7, 11) is 4.20. The molecule has 1 saturated heterocycles. The van der Waals surface area contributed by atoms with E-state index >= 15 is 0 Å². The fraction of sp³-hybridized carbons (Fsp3) is 0.700. The van der Waals surface area contributed by atoms with E-state index in [1.54, 1.807) is 12.0 Å². The van der Waals surface area contributed by atoms with Crippen molar-refractivity contribution in [2.45, 2.75) is 76.8 Å².